The second kappa shape index (κ2) is 10.3. The normalized spacial score (nSPS) is 16.9. The van der Waals surface area contributed by atoms with Crippen molar-refractivity contribution in [3.8, 4) is 0 Å². The van der Waals surface area contributed by atoms with E-state index in [1.165, 1.54) is 13.3 Å². The molecule has 0 heterocycles. The molecule has 2 rings (SSSR count). The Morgan fingerprint density at radius 2 is 1.54 bits per heavy atom. The fraction of sp³-hybridized carbons (Fsp3) is 0.550. The fourth-order valence-corrected chi connectivity index (χ4v) is 3.29. The van der Waals surface area contributed by atoms with Crippen LogP contribution in [0.5, 0.6) is 0 Å². The lowest BCUT2D eigenvalue weighted by Crippen LogP contribution is -2.53. The first-order valence-electron chi connectivity index (χ1n) is 9.59. The third-order valence-electron chi connectivity index (χ3n) is 4.79. The van der Waals surface area contributed by atoms with Crippen LogP contribution in [-0.4, -0.2) is 35.8 Å². The molecule has 3 N–H and O–H groups in total. The molecule has 28 heavy (non-hydrogen) atoms. The van der Waals surface area contributed by atoms with Crippen molar-refractivity contribution in [3.05, 3.63) is 35.4 Å². The number of halogens is 2. The molecule has 154 valence electrons. The zero-order valence-electron chi connectivity index (χ0n) is 16.2. The van der Waals surface area contributed by atoms with Crippen molar-refractivity contribution < 1.29 is 23.2 Å². The van der Waals surface area contributed by atoms with Gasteiger partial charge in [0.1, 0.15) is 17.7 Å². The van der Waals surface area contributed by atoms with E-state index in [4.69, 9.17) is 0 Å². The van der Waals surface area contributed by atoms with Gasteiger partial charge in [-0.2, -0.15) is 0 Å². The van der Waals surface area contributed by atoms with Gasteiger partial charge >= 0.3 is 0 Å². The van der Waals surface area contributed by atoms with Crippen molar-refractivity contribution in [1.29, 1.82) is 0 Å². The molecule has 0 unspecified atom stereocenters. The summed E-state index contributed by atoms with van der Waals surface area (Å²) >= 11 is 0. The van der Waals surface area contributed by atoms with Gasteiger partial charge in [-0.05, 0) is 44.4 Å². The lowest BCUT2D eigenvalue weighted by Gasteiger charge is -2.26. The standard InChI is InChI=1S/C20H27F2N3O3/c1-12(23-17-6-4-3-5-7-17)19(27)25-20(28)13(2)24-18(26)10-14-8-15(21)11-16(22)9-14/h8-9,11-13,17,23H,3-7,10H2,1-2H3,(H,24,26)(H,25,27,28)/t12-,13-/m0/s1. The highest BCUT2D eigenvalue weighted by atomic mass is 19.1. The highest BCUT2D eigenvalue weighted by Gasteiger charge is 2.23. The summed E-state index contributed by atoms with van der Waals surface area (Å²) in [7, 11) is 0. The number of benzene rings is 1. The summed E-state index contributed by atoms with van der Waals surface area (Å²) < 4.78 is 26.4. The maximum Gasteiger partial charge on any atom is 0.248 e. The monoisotopic (exact) mass is 395 g/mol. The van der Waals surface area contributed by atoms with Gasteiger partial charge in [-0.3, -0.25) is 19.7 Å². The molecule has 2 atom stereocenters. The number of rotatable bonds is 7. The Hall–Kier alpha value is -2.35. The van der Waals surface area contributed by atoms with Gasteiger partial charge in [0.2, 0.25) is 17.7 Å². The Morgan fingerprint density at radius 1 is 0.964 bits per heavy atom. The second-order valence-corrected chi connectivity index (χ2v) is 7.32. The number of amides is 3. The van der Waals surface area contributed by atoms with Crippen LogP contribution < -0.4 is 16.0 Å². The Labute approximate surface area is 163 Å². The van der Waals surface area contributed by atoms with Gasteiger partial charge in [-0.15, -0.1) is 0 Å². The Balaban J connectivity index is 1.79. The first-order valence-corrected chi connectivity index (χ1v) is 9.59. The first-order chi connectivity index (χ1) is 13.2. The minimum absolute atomic E-state index is 0.156. The minimum atomic E-state index is -0.961. The quantitative estimate of drug-likeness (QED) is 0.659. The molecular formula is C20H27F2N3O3. The fourth-order valence-electron chi connectivity index (χ4n) is 3.29. The van der Waals surface area contributed by atoms with Crippen LogP contribution in [-0.2, 0) is 20.8 Å². The molecule has 6 nitrogen and oxygen atoms in total. The molecule has 1 aromatic carbocycles. The highest BCUT2D eigenvalue weighted by molar-refractivity contribution is 6.00. The average Bonchev–Trinajstić information content (AvgIpc) is 2.61. The summed E-state index contributed by atoms with van der Waals surface area (Å²) in [6, 6.07) is 1.60. The summed E-state index contributed by atoms with van der Waals surface area (Å²) in [5, 5.41) is 7.93. The number of nitrogens with one attached hydrogen (secondary N) is 3. The van der Waals surface area contributed by atoms with Crippen molar-refractivity contribution >= 4 is 17.7 Å². The number of imide groups is 1. The van der Waals surface area contributed by atoms with Crippen LogP contribution in [0, 0.1) is 11.6 Å². The van der Waals surface area contributed by atoms with Crippen molar-refractivity contribution in [2.75, 3.05) is 0 Å². The summed E-state index contributed by atoms with van der Waals surface area (Å²) in [5.74, 6) is -3.23. The molecule has 0 spiro atoms. The number of hydrogen-bond acceptors (Lipinski definition) is 4. The molecule has 0 bridgehead atoms. The molecule has 0 aromatic heterocycles. The van der Waals surface area contributed by atoms with Crippen LogP contribution in [0.2, 0.25) is 0 Å². The van der Waals surface area contributed by atoms with Crippen LogP contribution in [0.15, 0.2) is 18.2 Å². The van der Waals surface area contributed by atoms with Crippen LogP contribution in [0.1, 0.15) is 51.5 Å². The SMILES string of the molecule is C[C@H](NC(=O)Cc1cc(F)cc(F)c1)C(=O)NC(=O)[C@H](C)NC1CCCCC1. The first kappa shape index (κ1) is 21.9. The van der Waals surface area contributed by atoms with Gasteiger partial charge in [0, 0.05) is 12.1 Å². The largest absolute Gasteiger partial charge is 0.344 e. The van der Waals surface area contributed by atoms with Gasteiger partial charge in [-0.1, -0.05) is 19.3 Å². The maximum absolute atomic E-state index is 13.2. The van der Waals surface area contributed by atoms with Gasteiger partial charge in [0.15, 0.2) is 0 Å². The molecule has 0 radical (unpaired) electrons. The van der Waals surface area contributed by atoms with E-state index >= 15 is 0 Å². The zero-order valence-corrected chi connectivity index (χ0v) is 16.2. The van der Waals surface area contributed by atoms with Crippen LogP contribution in [0.4, 0.5) is 8.78 Å². The second-order valence-electron chi connectivity index (χ2n) is 7.32. The van der Waals surface area contributed by atoms with Gasteiger partial charge in [0.05, 0.1) is 12.5 Å². The van der Waals surface area contributed by atoms with E-state index in [-0.39, 0.29) is 18.0 Å². The smallest absolute Gasteiger partial charge is 0.248 e. The van der Waals surface area contributed by atoms with Crippen LogP contribution >= 0.6 is 0 Å². The molecule has 8 heteroatoms. The molecule has 3 amide bonds. The Kier molecular flexibility index (Phi) is 8.04. The van der Waals surface area contributed by atoms with E-state index in [1.807, 2.05) is 0 Å². The molecule has 1 aliphatic carbocycles. The maximum atomic E-state index is 13.2. The van der Waals surface area contributed by atoms with Gasteiger partial charge in [0.25, 0.3) is 0 Å². The topological polar surface area (TPSA) is 87.3 Å². The average molecular weight is 395 g/mol. The minimum Gasteiger partial charge on any atom is -0.344 e. The van der Waals surface area contributed by atoms with E-state index in [1.54, 1.807) is 6.92 Å². The summed E-state index contributed by atoms with van der Waals surface area (Å²) in [5.41, 5.74) is 0.156. The van der Waals surface area contributed by atoms with Crippen LogP contribution in [0.25, 0.3) is 0 Å². The third kappa shape index (κ3) is 6.99. The van der Waals surface area contributed by atoms with E-state index in [2.05, 4.69) is 16.0 Å². The Morgan fingerprint density at radius 3 is 2.14 bits per heavy atom. The molecule has 0 aliphatic heterocycles. The van der Waals surface area contributed by atoms with E-state index in [9.17, 15) is 23.2 Å². The van der Waals surface area contributed by atoms with Gasteiger partial charge < -0.3 is 10.6 Å². The summed E-state index contributed by atoms with van der Waals surface area (Å²) in [6.07, 6.45) is 5.21. The van der Waals surface area contributed by atoms with Gasteiger partial charge in [-0.25, -0.2) is 8.78 Å². The molecule has 1 aromatic rings. The molecule has 1 saturated carbocycles. The van der Waals surface area contributed by atoms with E-state index in [0.717, 1.165) is 37.8 Å². The van der Waals surface area contributed by atoms with Crippen molar-refractivity contribution in [2.24, 2.45) is 0 Å². The summed E-state index contributed by atoms with van der Waals surface area (Å²) in [4.78, 5) is 36.3. The molecular weight excluding hydrogens is 368 g/mol. The molecule has 1 aliphatic rings. The van der Waals surface area contributed by atoms with E-state index in [0.29, 0.717) is 6.07 Å². The highest BCUT2D eigenvalue weighted by Crippen LogP contribution is 2.17. The number of hydrogen-bond donors (Lipinski definition) is 3. The van der Waals surface area contributed by atoms with Crippen LogP contribution in [0.3, 0.4) is 0 Å². The lowest BCUT2D eigenvalue weighted by atomic mass is 9.95. The predicted molar refractivity (Wildman–Crippen MR) is 100 cm³/mol. The van der Waals surface area contributed by atoms with Crippen molar-refractivity contribution in [3.63, 3.8) is 0 Å². The predicted octanol–water partition coefficient (Wildman–Crippen LogP) is 1.97. The summed E-state index contributed by atoms with van der Waals surface area (Å²) in [6.45, 7) is 3.13. The zero-order chi connectivity index (χ0) is 20.7. The molecule has 0 saturated heterocycles. The van der Waals surface area contributed by atoms with Crippen molar-refractivity contribution in [2.45, 2.75) is 70.5 Å². The van der Waals surface area contributed by atoms with Crippen molar-refractivity contribution in [1.82, 2.24) is 16.0 Å². The molecule has 1 fully saturated rings. The lowest BCUT2D eigenvalue weighted by molar-refractivity contribution is -0.134. The van der Waals surface area contributed by atoms with E-state index < -0.39 is 41.4 Å². The number of carbonyl (C=O) groups excluding carboxylic acids is 3. The third-order valence-corrected chi connectivity index (χ3v) is 4.79. The number of carbonyl (C=O) groups is 3. The Bertz CT molecular complexity index is 700.